The van der Waals surface area contributed by atoms with Crippen LogP contribution in [0.5, 0.6) is 0 Å². The second-order valence-corrected chi connectivity index (χ2v) is 8.03. The monoisotopic (exact) mass is 452 g/mol. The molecule has 5 rings (SSSR count). The number of imide groups is 1. The molecule has 29 heavy (non-hydrogen) atoms. The minimum Gasteiger partial charge on any atom is -0.467 e. The van der Waals surface area contributed by atoms with Crippen molar-refractivity contribution < 1.29 is 18.8 Å². The number of hydrogen-bond donors (Lipinski definition) is 0. The molecule has 0 N–H and O–H groups in total. The van der Waals surface area contributed by atoms with Gasteiger partial charge in [0.15, 0.2) is 6.10 Å². The molecule has 2 aliphatic rings. The van der Waals surface area contributed by atoms with Gasteiger partial charge in [0, 0.05) is 4.47 Å². The quantitative estimate of drug-likeness (QED) is 0.551. The fraction of sp³-hybridized carbons (Fsp3) is 0.182. The molecule has 3 atom stereocenters. The van der Waals surface area contributed by atoms with Crippen molar-refractivity contribution in [1.82, 2.24) is 0 Å². The topological polar surface area (TPSA) is 63.0 Å². The van der Waals surface area contributed by atoms with E-state index in [0.29, 0.717) is 11.4 Å². The zero-order chi connectivity index (χ0) is 20.1. The van der Waals surface area contributed by atoms with Crippen LogP contribution in [0, 0.1) is 12.8 Å². The first kappa shape index (κ1) is 18.1. The fourth-order valence-corrected chi connectivity index (χ4v) is 4.29. The van der Waals surface area contributed by atoms with E-state index in [1.54, 1.807) is 41.7 Å². The van der Waals surface area contributed by atoms with Gasteiger partial charge in [-0.25, -0.2) is 9.96 Å². The van der Waals surface area contributed by atoms with Crippen molar-refractivity contribution in [2.75, 3.05) is 9.96 Å². The van der Waals surface area contributed by atoms with Gasteiger partial charge in [0.05, 0.1) is 17.6 Å². The Morgan fingerprint density at radius 2 is 1.69 bits per heavy atom. The summed E-state index contributed by atoms with van der Waals surface area (Å²) in [4.78, 5) is 33.9. The molecule has 3 heterocycles. The average Bonchev–Trinajstić information content (AvgIpc) is 3.41. The van der Waals surface area contributed by atoms with Crippen LogP contribution in [0.3, 0.4) is 0 Å². The normalized spacial score (nSPS) is 23.7. The molecule has 2 fully saturated rings. The molecular formula is C22H17BrN2O4. The second kappa shape index (κ2) is 6.86. The summed E-state index contributed by atoms with van der Waals surface area (Å²) in [7, 11) is 0. The summed E-state index contributed by atoms with van der Waals surface area (Å²) < 4.78 is 6.52. The molecule has 1 aromatic heterocycles. The van der Waals surface area contributed by atoms with Gasteiger partial charge < -0.3 is 4.42 Å². The maximum atomic E-state index is 13.4. The van der Waals surface area contributed by atoms with Gasteiger partial charge in [-0.2, -0.15) is 0 Å². The SMILES string of the molecule is Cc1ccccc1N1O[C@@H]2C(=O)N(c3ccc(Br)cc3)C(=O)[C@@H]2[C@@H]1c1ccco1. The molecule has 2 amide bonds. The van der Waals surface area contributed by atoms with Gasteiger partial charge in [0.2, 0.25) is 5.91 Å². The highest BCUT2D eigenvalue weighted by molar-refractivity contribution is 9.10. The number of benzene rings is 2. The first-order valence-electron chi connectivity index (χ1n) is 9.24. The van der Waals surface area contributed by atoms with Gasteiger partial charge in [-0.15, -0.1) is 0 Å². The molecule has 2 aliphatic heterocycles. The molecule has 0 aliphatic carbocycles. The smallest absolute Gasteiger partial charge is 0.266 e. The molecular weight excluding hydrogens is 436 g/mol. The summed E-state index contributed by atoms with van der Waals surface area (Å²) in [5, 5.41) is 1.65. The summed E-state index contributed by atoms with van der Waals surface area (Å²) in [6.45, 7) is 1.96. The maximum absolute atomic E-state index is 13.4. The van der Waals surface area contributed by atoms with Crippen LogP contribution in [-0.2, 0) is 14.4 Å². The summed E-state index contributed by atoms with van der Waals surface area (Å²) in [6.07, 6.45) is 0.660. The van der Waals surface area contributed by atoms with Crippen molar-refractivity contribution in [3.05, 3.63) is 82.7 Å². The third kappa shape index (κ3) is 2.81. The first-order chi connectivity index (χ1) is 14.1. The third-order valence-corrected chi connectivity index (χ3v) is 5.92. The number of nitrogens with zero attached hydrogens (tertiary/aromatic N) is 2. The number of rotatable bonds is 3. The van der Waals surface area contributed by atoms with E-state index in [0.717, 1.165) is 15.7 Å². The van der Waals surface area contributed by atoms with Crippen LogP contribution in [0.25, 0.3) is 0 Å². The third-order valence-electron chi connectivity index (χ3n) is 5.39. The van der Waals surface area contributed by atoms with E-state index in [2.05, 4.69) is 15.9 Å². The molecule has 7 heteroatoms. The number of anilines is 2. The van der Waals surface area contributed by atoms with Crippen molar-refractivity contribution in [2.24, 2.45) is 5.92 Å². The fourth-order valence-electron chi connectivity index (χ4n) is 4.03. The number of hydroxylamine groups is 1. The molecule has 3 aromatic rings. The van der Waals surface area contributed by atoms with E-state index < -0.39 is 18.1 Å². The van der Waals surface area contributed by atoms with Crippen LogP contribution in [0.15, 0.2) is 75.8 Å². The standard InChI is InChI=1S/C22H17BrN2O4/c1-13-5-2-3-6-16(13)25-19(17-7-4-12-28-17)18-20(29-25)22(27)24(21(18)26)15-10-8-14(23)9-11-15/h2-12,18-20H,1H3/t18-,19+,20+/m1/s1. The molecule has 2 saturated heterocycles. The number of carbonyl (C=O) groups is 2. The van der Waals surface area contributed by atoms with Crippen LogP contribution in [0.1, 0.15) is 17.4 Å². The van der Waals surface area contributed by atoms with Gasteiger partial charge in [-0.3, -0.25) is 14.4 Å². The Bertz CT molecular complexity index is 1080. The van der Waals surface area contributed by atoms with E-state index in [-0.39, 0.29) is 11.8 Å². The molecule has 0 bridgehead atoms. The molecule has 0 radical (unpaired) electrons. The van der Waals surface area contributed by atoms with E-state index in [1.807, 2.05) is 37.3 Å². The number of amides is 2. The minimum absolute atomic E-state index is 0.292. The van der Waals surface area contributed by atoms with E-state index >= 15 is 0 Å². The summed E-state index contributed by atoms with van der Waals surface area (Å²) in [5.74, 6) is -0.772. The highest BCUT2D eigenvalue weighted by atomic mass is 79.9. The largest absolute Gasteiger partial charge is 0.467 e. The summed E-state index contributed by atoms with van der Waals surface area (Å²) in [6, 6.07) is 17.8. The van der Waals surface area contributed by atoms with E-state index in [9.17, 15) is 9.59 Å². The number of para-hydroxylation sites is 1. The van der Waals surface area contributed by atoms with Gasteiger partial charge >= 0.3 is 0 Å². The van der Waals surface area contributed by atoms with Crippen LogP contribution >= 0.6 is 15.9 Å². The molecule has 6 nitrogen and oxygen atoms in total. The number of fused-ring (bicyclic) bond motifs is 1. The lowest BCUT2D eigenvalue weighted by Crippen LogP contribution is -2.37. The predicted octanol–water partition coefficient (Wildman–Crippen LogP) is 4.40. The maximum Gasteiger partial charge on any atom is 0.266 e. The number of carbonyl (C=O) groups excluding carboxylic acids is 2. The number of halogens is 1. The Kier molecular flexibility index (Phi) is 4.29. The lowest BCUT2D eigenvalue weighted by molar-refractivity contribution is -0.126. The zero-order valence-corrected chi connectivity index (χ0v) is 17.1. The van der Waals surface area contributed by atoms with Crippen molar-refractivity contribution in [3.63, 3.8) is 0 Å². The van der Waals surface area contributed by atoms with Crippen LogP contribution in [0.4, 0.5) is 11.4 Å². The van der Waals surface area contributed by atoms with Crippen LogP contribution in [-0.4, -0.2) is 17.9 Å². The Morgan fingerprint density at radius 3 is 2.38 bits per heavy atom. The Morgan fingerprint density at radius 1 is 0.931 bits per heavy atom. The van der Waals surface area contributed by atoms with E-state index in [4.69, 9.17) is 9.25 Å². The van der Waals surface area contributed by atoms with Crippen molar-refractivity contribution >= 4 is 39.1 Å². The van der Waals surface area contributed by atoms with Gasteiger partial charge in [-0.05, 0) is 55.0 Å². The lowest BCUT2D eigenvalue weighted by Gasteiger charge is -2.28. The van der Waals surface area contributed by atoms with E-state index in [1.165, 1.54) is 4.90 Å². The summed E-state index contributed by atoms with van der Waals surface area (Å²) in [5.41, 5.74) is 2.31. The number of aryl methyl sites for hydroxylation is 1. The Balaban J connectivity index is 1.58. The van der Waals surface area contributed by atoms with Gasteiger partial charge in [-0.1, -0.05) is 34.1 Å². The van der Waals surface area contributed by atoms with Crippen molar-refractivity contribution in [1.29, 1.82) is 0 Å². The van der Waals surface area contributed by atoms with Crippen molar-refractivity contribution in [3.8, 4) is 0 Å². The molecule has 2 aromatic carbocycles. The van der Waals surface area contributed by atoms with Crippen LogP contribution in [0.2, 0.25) is 0 Å². The molecule has 146 valence electrons. The van der Waals surface area contributed by atoms with Crippen molar-refractivity contribution in [2.45, 2.75) is 19.1 Å². The zero-order valence-electron chi connectivity index (χ0n) is 15.5. The van der Waals surface area contributed by atoms with Gasteiger partial charge in [0.1, 0.15) is 17.7 Å². The molecule has 0 saturated carbocycles. The first-order valence-corrected chi connectivity index (χ1v) is 10.0. The molecule has 0 unspecified atom stereocenters. The molecule has 0 spiro atoms. The van der Waals surface area contributed by atoms with Gasteiger partial charge in [0.25, 0.3) is 5.91 Å². The predicted molar refractivity (Wildman–Crippen MR) is 110 cm³/mol. The highest BCUT2D eigenvalue weighted by Crippen LogP contribution is 2.48. The number of furan rings is 1. The highest BCUT2D eigenvalue weighted by Gasteiger charge is 2.61. The summed E-state index contributed by atoms with van der Waals surface area (Å²) >= 11 is 3.38. The Labute approximate surface area is 175 Å². The minimum atomic E-state index is -0.902. The second-order valence-electron chi connectivity index (χ2n) is 7.11. The average molecular weight is 453 g/mol. The lowest BCUT2D eigenvalue weighted by atomic mass is 9.94. The Hall–Kier alpha value is -2.90. The number of hydrogen-bond acceptors (Lipinski definition) is 5. The van der Waals surface area contributed by atoms with Crippen LogP contribution < -0.4 is 9.96 Å².